The highest BCUT2D eigenvalue weighted by molar-refractivity contribution is 6.30. The van der Waals surface area contributed by atoms with E-state index in [9.17, 15) is 9.59 Å². The van der Waals surface area contributed by atoms with Gasteiger partial charge in [0.15, 0.2) is 0 Å². The normalized spacial score (nSPS) is 19.3. The monoisotopic (exact) mass is 435 g/mol. The van der Waals surface area contributed by atoms with Crippen molar-refractivity contribution in [1.82, 2.24) is 10.2 Å². The van der Waals surface area contributed by atoms with Crippen molar-refractivity contribution in [2.45, 2.75) is 31.8 Å². The summed E-state index contributed by atoms with van der Waals surface area (Å²) < 4.78 is 0. The second-order valence-electron chi connectivity index (χ2n) is 7.40. The molecule has 2 amide bonds. The van der Waals surface area contributed by atoms with E-state index >= 15 is 0 Å². The van der Waals surface area contributed by atoms with E-state index in [1.165, 1.54) is 0 Å². The van der Waals surface area contributed by atoms with Gasteiger partial charge in [0.25, 0.3) is 5.91 Å². The van der Waals surface area contributed by atoms with Crippen LogP contribution in [0.1, 0.15) is 29.3 Å². The summed E-state index contributed by atoms with van der Waals surface area (Å²) in [6.45, 7) is 3.24. The first-order valence-corrected chi connectivity index (χ1v) is 9.96. The number of halogens is 2. The number of hydrogen-bond donors (Lipinski definition) is 2. The Bertz CT molecular complexity index is 815. The number of rotatable bonds is 6. The molecule has 0 spiro atoms. The van der Waals surface area contributed by atoms with Gasteiger partial charge < -0.3 is 16.0 Å². The molecule has 1 saturated heterocycles. The Kier molecular flexibility index (Phi) is 8.50. The van der Waals surface area contributed by atoms with Crippen LogP contribution in [0.4, 0.5) is 0 Å². The molecule has 1 aliphatic heterocycles. The molecule has 3 rings (SSSR count). The van der Waals surface area contributed by atoms with Gasteiger partial charge in [-0.1, -0.05) is 41.9 Å². The average Bonchev–Trinajstić information content (AvgIpc) is 3.09. The molecule has 1 fully saturated rings. The molecule has 0 radical (unpaired) electrons. The van der Waals surface area contributed by atoms with Crippen LogP contribution in [0.5, 0.6) is 0 Å². The topological polar surface area (TPSA) is 75.4 Å². The van der Waals surface area contributed by atoms with Crippen molar-refractivity contribution in [2.24, 2.45) is 11.7 Å². The van der Waals surface area contributed by atoms with Crippen molar-refractivity contribution in [3.63, 3.8) is 0 Å². The van der Waals surface area contributed by atoms with Gasteiger partial charge in [-0.3, -0.25) is 9.59 Å². The fraction of sp³-hybridized carbons (Fsp3) is 0.364. The molecule has 7 heteroatoms. The molecule has 2 aromatic rings. The maximum Gasteiger partial charge on any atom is 0.251 e. The van der Waals surface area contributed by atoms with Crippen LogP contribution >= 0.6 is 24.0 Å². The molecule has 5 nitrogen and oxygen atoms in total. The smallest absolute Gasteiger partial charge is 0.251 e. The third-order valence-corrected chi connectivity index (χ3v) is 5.52. The van der Waals surface area contributed by atoms with E-state index in [0.29, 0.717) is 36.0 Å². The zero-order valence-corrected chi connectivity index (χ0v) is 18.0. The summed E-state index contributed by atoms with van der Waals surface area (Å²) in [5.74, 6) is -0.0360. The Labute approximate surface area is 183 Å². The van der Waals surface area contributed by atoms with Crippen LogP contribution in [0.2, 0.25) is 5.02 Å². The highest BCUT2D eigenvalue weighted by Gasteiger charge is 2.35. The zero-order valence-electron chi connectivity index (χ0n) is 16.4. The van der Waals surface area contributed by atoms with E-state index in [0.717, 1.165) is 12.0 Å². The standard InChI is InChI=1S/C22H26ClN3O2.ClH/c1-15-11-17(13-24)14-26(15)22(28)20(12-16-5-3-2-4-6-16)25-21(27)18-7-9-19(23)10-8-18;/h2-10,15,17,20H,11-14,24H2,1H3,(H,25,27);1H. The van der Waals surface area contributed by atoms with Crippen LogP contribution in [0.25, 0.3) is 0 Å². The number of likely N-dealkylation sites (tertiary alicyclic amines) is 1. The first-order valence-electron chi connectivity index (χ1n) is 9.59. The fourth-order valence-corrected chi connectivity index (χ4v) is 3.84. The number of hydrogen-bond acceptors (Lipinski definition) is 3. The molecule has 3 unspecified atom stereocenters. The van der Waals surface area contributed by atoms with Gasteiger partial charge in [0.2, 0.25) is 5.91 Å². The zero-order chi connectivity index (χ0) is 20.1. The molecule has 1 heterocycles. The lowest BCUT2D eigenvalue weighted by Gasteiger charge is -2.28. The summed E-state index contributed by atoms with van der Waals surface area (Å²) in [6.07, 6.45) is 1.33. The van der Waals surface area contributed by atoms with Gasteiger partial charge in [-0.15, -0.1) is 12.4 Å². The number of amides is 2. The summed E-state index contributed by atoms with van der Waals surface area (Å²) >= 11 is 5.91. The molecular weight excluding hydrogens is 409 g/mol. The number of nitrogens with one attached hydrogen (secondary N) is 1. The predicted octanol–water partition coefficient (Wildman–Crippen LogP) is 3.30. The van der Waals surface area contributed by atoms with Gasteiger partial charge >= 0.3 is 0 Å². The van der Waals surface area contributed by atoms with Crippen LogP contribution in [0, 0.1) is 5.92 Å². The number of carbonyl (C=O) groups excluding carboxylic acids is 2. The highest BCUT2D eigenvalue weighted by atomic mass is 35.5. The molecule has 0 aromatic heterocycles. The van der Waals surface area contributed by atoms with Crippen LogP contribution in [-0.2, 0) is 11.2 Å². The van der Waals surface area contributed by atoms with Gasteiger partial charge in [0, 0.05) is 29.6 Å². The minimum Gasteiger partial charge on any atom is -0.340 e. The van der Waals surface area contributed by atoms with Crippen molar-refractivity contribution in [3.05, 3.63) is 70.7 Å². The van der Waals surface area contributed by atoms with Gasteiger partial charge in [0.05, 0.1) is 0 Å². The van der Waals surface area contributed by atoms with Gasteiger partial charge in [0.1, 0.15) is 6.04 Å². The molecule has 0 aliphatic carbocycles. The van der Waals surface area contributed by atoms with Gasteiger partial charge in [-0.25, -0.2) is 0 Å². The first-order chi connectivity index (χ1) is 13.5. The van der Waals surface area contributed by atoms with E-state index in [1.54, 1.807) is 24.3 Å². The quantitative estimate of drug-likeness (QED) is 0.730. The summed E-state index contributed by atoms with van der Waals surface area (Å²) in [4.78, 5) is 27.9. The Morgan fingerprint density at radius 1 is 1.17 bits per heavy atom. The summed E-state index contributed by atoms with van der Waals surface area (Å²) in [7, 11) is 0. The third-order valence-electron chi connectivity index (χ3n) is 5.27. The maximum atomic E-state index is 13.3. The summed E-state index contributed by atoms with van der Waals surface area (Å²) in [5.41, 5.74) is 7.28. The van der Waals surface area contributed by atoms with E-state index < -0.39 is 6.04 Å². The molecule has 1 aliphatic rings. The SMILES string of the molecule is CC1CC(CN)CN1C(=O)C(Cc1ccccc1)NC(=O)c1ccc(Cl)cc1.Cl. The van der Waals surface area contributed by atoms with Crippen molar-refractivity contribution in [1.29, 1.82) is 0 Å². The van der Waals surface area contributed by atoms with Crippen LogP contribution in [0.3, 0.4) is 0 Å². The Balaban J connectivity index is 0.00000300. The lowest BCUT2D eigenvalue weighted by molar-refractivity contribution is -0.133. The second kappa shape index (κ2) is 10.6. The largest absolute Gasteiger partial charge is 0.340 e. The maximum absolute atomic E-state index is 13.3. The number of carbonyl (C=O) groups is 2. The molecule has 2 aromatic carbocycles. The molecule has 0 bridgehead atoms. The Morgan fingerprint density at radius 2 is 1.83 bits per heavy atom. The molecule has 0 saturated carbocycles. The number of nitrogens with two attached hydrogens (primary N) is 1. The van der Waals surface area contributed by atoms with Crippen LogP contribution in [0.15, 0.2) is 54.6 Å². The van der Waals surface area contributed by atoms with E-state index in [1.807, 2.05) is 42.2 Å². The molecule has 29 heavy (non-hydrogen) atoms. The number of nitrogens with zero attached hydrogens (tertiary/aromatic N) is 1. The van der Waals surface area contributed by atoms with Gasteiger partial charge in [-0.05, 0) is 55.6 Å². The fourth-order valence-electron chi connectivity index (χ4n) is 3.71. The van der Waals surface area contributed by atoms with Crippen molar-refractivity contribution < 1.29 is 9.59 Å². The van der Waals surface area contributed by atoms with Crippen LogP contribution < -0.4 is 11.1 Å². The lowest BCUT2D eigenvalue weighted by atomic mass is 10.0. The molecular formula is C22H27Cl2N3O2. The lowest BCUT2D eigenvalue weighted by Crippen LogP contribution is -2.50. The third kappa shape index (κ3) is 5.95. The summed E-state index contributed by atoms with van der Waals surface area (Å²) in [5, 5.41) is 3.49. The van der Waals surface area contributed by atoms with E-state index in [-0.39, 0.29) is 30.3 Å². The Morgan fingerprint density at radius 3 is 2.41 bits per heavy atom. The molecule has 156 valence electrons. The number of benzene rings is 2. The van der Waals surface area contributed by atoms with E-state index in [4.69, 9.17) is 17.3 Å². The van der Waals surface area contributed by atoms with Crippen molar-refractivity contribution in [2.75, 3.05) is 13.1 Å². The van der Waals surface area contributed by atoms with Crippen molar-refractivity contribution >= 4 is 35.8 Å². The van der Waals surface area contributed by atoms with E-state index in [2.05, 4.69) is 5.32 Å². The summed E-state index contributed by atoms with van der Waals surface area (Å²) in [6, 6.07) is 15.8. The molecule has 3 atom stereocenters. The minimum atomic E-state index is -0.635. The first kappa shape index (κ1) is 23.2. The highest BCUT2D eigenvalue weighted by Crippen LogP contribution is 2.23. The molecule has 3 N–H and O–H groups in total. The van der Waals surface area contributed by atoms with Crippen molar-refractivity contribution in [3.8, 4) is 0 Å². The Hall–Kier alpha value is -2.08. The van der Waals surface area contributed by atoms with Crippen LogP contribution in [-0.4, -0.2) is 41.9 Å². The van der Waals surface area contributed by atoms with Gasteiger partial charge in [-0.2, -0.15) is 0 Å². The predicted molar refractivity (Wildman–Crippen MR) is 118 cm³/mol. The minimum absolute atomic E-state index is 0. The average molecular weight is 436 g/mol. The second-order valence-corrected chi connectivity index (χ2v) is 7.84.